The van der Waals surface area contributed by atoms with Crippen LogP contribution in [0.1, 0.15) is 0 Å². The fraction of sp³-hybridized carbons (Fsp3) is 0.294. The van der Waals surface area contributed by atoms with Gasteiger partial charge in [-0.25, -0.2) is 0 Å². The van der Waals surface area contributed by atoms with E-state index in [4.69, 9.17) is 4.74 Å². The van der Waals surface area contributed by atoms with E-state index in [1.807, 2.05) is 12.1 Å². The highest BCUT2D eigenvalue weighted by atomic mass is 19.4. The zero-order valence-corrected chi connectivity index (χ0v) is 12.7. The summed E-state index contributed by atoms with van der Waals surface area (Å²) in [6.07, 6.45) is -4.77. The van der Waals surface area contributed by atoms with Crippen molar-refractivity contribution in [3.8, 4) is 22.6 Å². The third-order valence-electron chi connectivity index (χ3n) is 3.76. The van der Waals surface area contributed by atoms with Gasteiger partial charge in [0, 0.05) is 24.3 Å². The van der Waals surface area contributed by atoms with Gasteiger partial charge in [-0.05, 0) is 35.9 Å². The molecule has 0 aromatic heterocycles. The van der Waals surface area contributed by atoms with Crippen LogP contribution < -0.4 is 9.64 Å². The Morgan fingerprint density at radius 1 is 1.00 bits per heavy atom. The Hall–Kier alpha value is -2.41. The molecule has 128 valence electrons. The Bertz CT molecular complexity index is 695. The first-order valence-corrected chi connectivity index (χ1v) is 7.44. The molecular weight excluding hydrogens is 323 g/mol. The minimum atomic E-state index is -4.77. The van der Waals surface area contributed by atoms with Crippen LogP contribution in [0.15, 0.2) is 42.5 Å². The van der Waals surface area contributed by atoms with Crippen LogP contribution in [0.3, 0.4) is 0 Å². The Kier molecular flexibility index (Phi) is 4.53. The van der Waals surface area contributed by atoms with Crippen LogP contribution in [0.2, 0.25) is 0 Å². The van der Waals surface area contributed by atoms with E-state index >= 15 is 0 Å². The minimum absolute atomic E-state index is 0.108. The van der Waals surface area contributed by atoms with Crippen molar-refractivity contribution < 1.29 is 27.8 Å². The van der Waals surface area contributed by atoms with Gasteiger partial charge in [0.1, 0.15) is 11.5 Å². The fourth-order valence-electron chi connectivity index (χ4n) is 2.62. The van der Waals surface area contributed by atoms with Crippen LogP contribution in [0.25, 0.3) is 11.1 Å². The lowest BCUT2D eigenvalue weighted by atomic mass is 10.0. The molecule has 0 unspecified atom stereocenters. The summed E-state index contributed by atoms with van der Waals surface area (Å²) in [6, 6.07) is 10.7. The second-order valence-electron chi connectivity index (χ2n) is 5.37. The number of hydrogen-bond donors (Lipinski definition) is 1. The number of anilines is 1. The number of halogens is 3. The zero-order valence-electron chi connectivity index (χ0n) is 12.7. The van der Waals surface area contributed by atoms with E-state index < -0.39 is 6.36 Å². The molecule has 1 aliphatic rings. The first kappa shape index (κ1) is 16.4. The SMILES string of the molecule is Oc1ccc(OC(F)(F)F)cc1-c1ccc(N2CCOCC2)cc1. The predicted octanol–water partition coefficient (Wildman–Crippen LogP) is 3.79. The van der Waals surface area contributed by atoms with E-state index in [0.717, 1.165) is 24.8 Å². The molecule has 1 fully saturated rings. The van der Waals surface area contributed by atoms with Crippen molar-refractivity contribution >= 4 is 5.69 Å². The first-order valence-electron chi connectivity index (χ1n) is 7.44. The molecule has 2 aromatic rings. The van der Waals surface area contributed by atoms with Crippen LogP contribution in [-0.2, 0) is 4.74 Å². The molecule has 2 aromatic carbocycles. The Labute approximate surface area is 137 Å². The summed E-state index contributed by atoms with van der Waals surface area (Å²) in [5, 5.41) is 9.94. The van der Waals surface area contributed by atoms with E-state index in [0.29, 0.717) is 18.8 Å². The summed E-state index contributed by atoms with van der Waals surface area (Å²) in [6.45, 7) is 2.91. The summed E-state index contributed by atoms with van der Waals surface area (Å²) in [5.41, 5.74) is 1.90. The fourth-order valence-corrected chi connectivity index (χ4v) is 2.62. The third kappa shape index (κ3) is 3.91. The predicted molar refractivity (Wildman–Crippen MR) is 83.3 cm³/mol. The van der Waals surface area contributed by atoms with E-state index in [2.05, 4.69) is 9.64 Å². The second kappa shape index (κ2) is 6.60. The number of phenolic OH excluding ortho intramolecular Hbond substituents is 1. The average molecular weight is 339 g/mol. The van der Waals surface area contributed by atoms with Crippen LogP contribution in [0, 0.1) is 0 Å². The number of hydrogen-bond acceptors (Lipinski definition) is 4. The maximum Gasteiger partial charge on any atom is 0.573 e. The van der Waals surface area contributed by atoms with Gasteiger partial charge in [-0.1, -0.05) is 12.1 Å². The Morgan fingerprint density at radius 2 is 1.67 bits per heavy atom. The van der Waals surface area contributed by atoms with E-state index in [1.165, 1.54) is 12.1 Å². The largest absolute Gasteiger partial charge is 0.573 e. The van der Waals surface area contributed by atoms with Crippen molar-refractivity contribution in [3.05, 3.63) is 42.5 Å². The molecule has 0 radical (unpaired) electrons. The zero-order chi connectivity index (χ0) is 17.2. The smallest absolute Gasteiger partial charge is 0.507 e. The normalized spacial score (nSPS) is 15.4. The van der Waals surface area contributed by atoms with E-state index in [1.54, 1.807) is 12.1 Å². The molecule has 1 aliphatic heterocycles. The van der Waals surface area contributed by atoms with Gasteiger partial charge in [-0.15, -0.1) is 13.2 Å². The maximum atomic E-state index is 12.3. The molecule has 0 bridgehead atoms. The number of morpholine rings is 1. The van der Waals surface area contributed by atoms with Crippen LogP contribution in [-0.4, -0.2) is 37.8 Å². The van der Waals surface area contributed by atoms with Gasteiger partial charge in [0.2, 0.25) is 0 Å². The number of benzene rings is 2. The summed E-state index contributed by atoms with van der Waals surface area (Å²) in [4.78, 5) is 2.16. The lowest BCUT2D eigenvalue weighted by Gasteiger charge is -2.29. The van der Waals surface area contributed by atoms with E-state index in [9.17, 15) is 18.3 Å². The number of rotatable bonds is 3. The van der Waals surface area contributed by atoms with Gasteiger partial charge in [-0.2, -0.15) is 0 Å². The Balaban J connectivity index is 1.84. The molecule has 0 amide bonds. The van der Waals surface area contributed by atoms with Gasteiger partial charge < -0.3 is 19.5 Å². The quantitative estimate of drug-likeness (QED) is 0.924. The summed E-state index contributed by atoms with van der Waals surface area (Å²) in [7, 11) is 0. The second-order valence-corrected chi connectivity index (χ2v) is 5.37. The van der Waals surface area contributed by atoms with Crippen molar-refractivity contribution in [1.29, 1.82) is 0 Å². The van der Waals surface area contributed by atoms with Crippen molar-refractivity contribution in [2.75, 3.05) is 31.2 Å². The lowest BCUT2D eigenvalue weighted by Crippen LogP contribution is -2.36. The molecule has 1 heterocycles. The summed E-state index contributed by atoms with van der Waals surface area (Å²) >= 11 is 0. The highest BCUT2D eigenvalue weighted by molar-refractivity contribution is 5.73. The molecular formula is C17H16F3NO3. The van der Waals surface area contributed by atoms with Crippen LogP contribution in [0.4, 0.5) is 18.9 Å². The molecule has 0 atom stereocenters. The first-order chi connectivity index (χ1) is 11.4. The van der Waals surface area contributed by atoms with Crippen molar-refractivity contribution in [2.45, 2.75) is 6.36 Å². The van der Waals surface area contributed by atoms with Gasteiger partial charge in [0.05, 0.1) is 13.2 Å². The highest BCUT2D eigenvalue weighted by Crippen LogP contribution is 2.35. The lowest BCUT2D eigenvalue weighted by molar-refractivity contribution is -0.274. The molecule has 0 aliphatic carbocycles. The minimum Gasteiger partial charge on any atom is -0.507 e. The number of phenols is 1. The third-order valence-corrected chi connectivity index (χ3v) is 3.76. The molecule has 4 nitrogen and oxygen atoms in total. The topological polar surface area (TPSA) is 41.9 Å². The standard InChI is InChI=1S/C17H16F3NO3/c18-17(19,20)24-14-5-6-16(22)15(11-14)12-1-3-13(4-2-12)21-7-9-23-10-8-21/h1-6,11,22H,7-10H2. The number of aromatic hydroxyl groups is 1. The van der Waals surface area contributed by atoms with Gasteiger partial charge in [0.25, 0.3) is 0 Å². The van der Waals surface area contributed by atoms with Crippen LogP contribution in [0.5, 0.6) is 11.5 Å². The van der Waals surface area contributed by atoms with Gasteiger partial charge >= 0.3 is 6.36 Å². The van der Waals surface area contributed by atoms with Crippen LogP contribution >= 0.6 is 0 Å². The monoisotopic (exact) mass is 339 g/mol. The molecule has 3 rings (SSSR count). The van der Waals surface area contributed by atoms with Crippen molar-refractivity contribution in [2.24, 2.45) is 0 Å². The number of ether oxygens (including phenoxy) is 2. The summed E-state index contributed by atoms with van der Waals surface area (Å²) in [5.74, 6) is -0.476. The number of alkyl halides is 3. The summed E-state index contributed by atoms with van der Waals surface area (Å²) < 4.78 is 46.2. The molecule has 24 heavy (non-hydrogen) atoms. The average Bonchev–Trinajstić information content (AvgIpc) is 2.56. The van der Waals surface area contributed by atoms with Gasteiger partial charge in [-0.3, -0.25) is 0 Å². The van der Waals surface area contributed by atoms with Crippen molar-refractivity contribution in [1.82, 2.24) is 0 Å². The molecule has 0 saturated carbocycles. The van der Waals surface area contributed by atoms with Crippen molar-refractivity contribution in [3.63, 3.8) is 0 Å². The number of nitrogens with zero attached hydrogens (tertiary/aromatic N) is 1. The molecule has 0 spiro atoms. The Morgan fingerprint density at radius 3 is 2.29 bits per heavy atom. The molecule has 1 N–H and O–H groups in total. The maximum absolute atomic E-state index is 12.3. The highest BCUT2D eigenvalue weighted by Gasteiger charge is 2.31. The molecule has 1 saturated heterocycles. The van der Waals surface area contributed by atoms with Gasteiger partial charge in [0.15, 0.2) is 0 Å². The van der Waals surface area contributed by atoms with E-state index in [-0.39, 0.29) is 17.1 Å². The molecule has 7 heteroatoms.